The van der Waals surface area contributed by atoms with Crippen LogP contribution in [-0.2, 0) is 7.05 Å². The van der Waals surface area contributed by atoms with Gasteiger partial charge in [-0.25, -0.2) is 4.57 Å². The van der Waals surface area contributed by atoms with Crippen molar-refractivity contribution in [3.63, 3.8) is 0 Å². The van der Waals surface area contributed by atoms with E-state index >= 15 is 0 Å². The molecule has 0 fully saturated rings. The first-order valence-electron chi connectivity index (χ1n) is 5.10. The zero-order valence-corrected chi connectivity index (χ0v) is 9.10. The summed E-state index contributed by atoms with van der Waals surface area (Å²) in [6.07, 6.45) is 1.84. The second-order valence-electron chi connectivity index (χ2n) is 3.99. The third kappa shape index (κ3) is 0.936. The van der Waals surface area contributed by atoms with Crippen molar-refractivity contribution >= 4 is 0 Å². The maximum Gasteiger partial charge on any atom is 0.274 e. The third-order valence-electron chi connectivity index (χ3n) is 3.11. The Morgan fingerprint density at radius 3 is 3.07 bits per heavy atom. The van der Waals surface area contributed by atoms with Crippen LogP contribution in [0.5, 0.6) is 0 Å². The molecule has 0 spiro atoms. The molecule has 15 heavy (non-hydrogen) atoms. The van der Waals surface area contributed by atoms with E-state index in [1.54, 1.807) is 0 Å². The standard InChI is InChI=1S/C11H13N4/c1-7-10-9(5-4-6-12-10)11-14(3)8(2)13-15(7)11/h4-7H,1-3H3/q+1. The number of hydrogen-bond donors (Lipinski definition) is 0. The average molecular weight is 201 g/mol. The molecule has 1 aliphatic heterocycles. The summed E-state index contributed by atoms with van der Waals surface area (Å²) in [6, 6.07) is 4.33. The molecule has 76 valence electrons. The zero-order chi connectivity index (χ0) is 10.6. The van der Waals surface area contributed by atoms with Crippen molar-refractivity contribution in [1.82, 2.24) is 14.8 Å². The lowest BCUT2D eigenvalue weighted by molar-refractivity contribution is -0.667. The van der Waals surface area contributed by atoms with Crippen LogP contribution in [0.2, 0.25) is 0 Å². The molecule has 0 saturated carbocycles. The van der Waals surface area contributed by atoms with Gasteiger partial charge in [-0.1, -0.05) is 4.68 Å². The van der Waals surface area contributed by atoms with Gasteiger partial charge in [0.1, 0.15) is 0 Å². The molecule has 0 radical (unpaired) electrons. The van der Waals surface area contributed by atoms with Crippen LogP contribution in [-0.4, -0.2) is 14.8 Å². The van der Waals surface area contributed by atoms with Gasteiger partial charge in [-0.15, -0.1) is 0 Å². The van der Waals surface area contributed by atoms with Crippen LogP contribution in [0.4, 0.5) is 0 Å². The van der Waals surface area contributed by atoms with E-state index in [1.807, 2.05) is 30.9 Å². The van der Waals surface area contributed by atoms with Gasteiger partial charge in [-0.2, -0.15) is 0 Å². The van der Waals surface area contributed by atoms with Crippen LogP contribution < -0.4 is 4.57 Å². The lowest BCUT2D eigenvalue weighted by atomic mass is 10.1. The Bertz CT molecular complexity index is 542. The summed E-state index contributed by atoms with van der Waals surface area (Å²) in [4.78, 5) is 4.42. The molecule has 4 nitrogen and oxygen atoms in total. The Morgan fingerprint density at radius 2 is 2.27 bits per heavy atom. The smallest absolute Gasteiger partial charge is 0.257 e. The van der Waals surface area contributed by atoms with Crippen LogP contribution in [0, 0.1) is 6.92 Å². The minimum atomic E-state index is 0.246. The summed E-state index contributed by atoms with van der Waals surface area (Å²) in [5.41, 5.74) is 2.32. The lowest BCUT2D eigenvalue weighted by Gasteiger charge is -1.98. The van der Waals surface area contributed by atoms with Crippen LogP contribution >= 0.6 is 0 Å². The van der Waals surface area contributed by atoms with Gasteiger partial charge in [0.2, 0.25) is 0 Å². The van der Waals surface area contributed by atoms with Gasteiger partial charge in [-0.3, -0.25) is 4.98 Å². The average Bonchev–Trinajstić information content (AvgIpc) is 2.68. The quantitative estimate of drug-likeness (QED) is 0.596. The summed E-state index contributed by atoms with van der Waals surface area (Å²) < 4.78 is 4.16. The Kier molecular flexibility index (Phi) is 1.52. The zero-order valence-electron chi connectivity index (χ0n) is 9.10. The van der Waals surface area contributed by atoms with Gasteiger partial charge in [0.05, 0.1) is 18.3 Å². The number of fused-ring (bicyclic) bond motifs is 3. The van der Waals surface area contributed by atoms with Crippen molar-refractivity contribution < 1.29 is 4.57 Å². The third-order valence-corrected chi connectivity index (χ3v) is 3.11. The first-order valence-corrected chi connectivity index (χ1v) is 5.10. The largest absolute Gasteiger partial charge is 0.274 e. The van der Waals surface area contributed by atoms with Crippen LogP contribution in [0.15, 0.2) is 18.3 Å². The molecule has 3 rings (SSSR count). The van der Waals surface area contributed by atoms with Crippen LogP contribution in [0.1, 0.15) is 24.5 Å². The van der Waals surface area contributed by atoms with Crippen LogP contribution in [0.25, 0.3) is 11.4 Å². The van der Waals surface area contributed by atoms with E-state index in [1.165, 1.54) is 5.56 Å². The van der Waals surface area contributed by atoms with Gasteiger partial charge in [0, 0.05) is 18.2 Å². The normalized spacial score (nSPS) is 17.7. The van der Waals surface area contributed by atoms with Crippen LogP contribution in [0.3, 0.4) is 0 Å². The number of pyridine rings is 1. The Balaban J connectivity index is 2.38. The molecule has 0 aliphatic carbocycles. The number of aromatic nitrogens is 4. The molecule has 4 heteroatoms. The molecule has 1 unspecified atom stereocenters. The molecule has 2 aromatic rings. The number of rotatable bonds is 0. The number of aryl methyl sites for hydroxylation is 1. The SMILES string of the molecule is Cc1nn2c([n+]1C)-c1cccnc1C2C. The molecule has 1 aliphatic rings. The van der Waals surface area contributed by atoms with Gasteiger partial charge in [-0.05, 0) is 19.1 Å². The molecule has 3 heterocycles. The minimum Gasteiger partial charge on any atom is -0.257 e. The summed E-state index contributed by atoms with van der Waals surface area (Å²) >= 11 is 0. The van der Waals surface area contributed by atoms with E-state index in [0.717, 1.165) is 17.3 Å². The molecule has 0 bridgehead atoms. The predicted molar refractivity (Wildman–Crippen MR) is 55.2 cm³/mol. The Labute approximate surface area is 88.2 Å². The fraction of sp³-hybridized carbons (Fsp3) is 0.364. The van der Waals surface area contributed by atoms with E-state index in [2.05, 4.69) is 27.6 Å². The maximum atomic E-state index is 4.53. The van der Waals surface area contributed by atoms with Crippen molar-refractivity contribution in [2.45, 2.75) is 19.9 Å². The van der Waals surface area contributed by atoms with E-state index in [0.29, 0.717) is 0 Å². The first-order chi connectivity index (χ1) is 7.20. The lowest BCUT2D eigenvalue weighted by Crippen LogP contribution is -2.31. The molecule has 0 aromatic carbocycles. The summed E-state index contributed by atoms with van der Waals surface area (Å²) in [6.45, 7) is 4.16. The molecular weight excluding hydrogens is 188 g/mol. The summed E-state index contributed by atoms with van der Waals surface area (Å²) in [5, 5.41) is 4.53. The van der Waals surface area contributed by atoms with E-state index in [9.17, 15) is 0 Å². The molecule has 0 N–H and O–H groups in total. The van der Waals surface area contributed by atoms with Gasteiger partial charge in [0.15, 0.2) is 6.04 Å². The van der Waals surface area contributed by atoms with Crippen molar-refractivity contribution in [1.29, 1.82) is 0 Å². The topological polar surface area (TPSA) is 34.6 Å². The van der Waals surface area contributed by atoms with Gasteiger partial charge >= 0.3 is 0 Å². The van der Waals surface area contributed by atoms with E-state index in [-0.39, 0.29) is 6.04 Å². The monoisotopic (exact) mass is 201 g/mol. The molecule has 0 amide bonds. The van der Waals surface area contributed by atoms with Gasteiger partial charge < -0.3 is 0 Å². The second-order valence-corrected chi connectivity index (χ2v) is 3.99. The first kappa shape index (κ1) is 8.59. The highest BCUT2D eigenvalue weighted by molar-refractivity contribution is 5.60. The molecule has 0 saturated heterocycles. The number of hydrogen-bond acceptors (Lipinski definition) is 2. The second kappa shape index (κ2) is 2.66. The predicted octanol–water partition coefficient (Wildman–Crippen LogP) is 1.00. The highest BCUT2D eigenvalue weighted by Gasteiger charge is 2.37. The summed E-state index contributed by atoms with van der Waals surface area (Å²) in [5.74, 6) is 2.19. The Hall–Kier alpha value is -1.71. The molecule has 2 aromatic heterocycles. The highest BCUT2D eigenvalue weighted by atomic mass is 15.4. The molecular formula is C11H13N4+. The van der Waals surface area contributed by atoms with Crippen molar-refractivity contribution in [2.75, 3.05) is 0 Å². The highest BCUT2D eigenvalue weighted by Crippen LogP contribution is 2.34. The maximum absolute atomic E-state index is 4.53. The molecule has 1 atom stereocenters. The fourth-order valence-corrected chi connectivity index (χ4v) is 2.21. The number of nitrogens with zero attached hydrogens (tertiary/aromatic N) is 4. The van der Waals surface area contributed by atoms with Crippen molar-refractivity contribution in [3.8, 4) is 11.4 Å². The van der Waals surface area contributed by atoms with Crippen molar-refractivity contribution in [2.24, 2.45) is 7.05 Å². The van der Waals surface area contributed by atoms with E-state index in [4.69, 9.17) is 0 Å². The fourth-order valence-electron chi connectivity index (χ4n) is 2.21. The van der Waals surface area contributed by atoms with Gasteiger partial charge in [0.25, 0.3) is 11.6 Å². The Morgan fingerprint density at radius 1 is 1.47 bits per heavy atom. The van der Waals surface area contributed by atoms with E-state index < -0.39 is 0 Å². The van der Waals surface area contributed by atoms with Crippen molar-refractivity contribution in [3.05, 3.63) is 29.8 Å². The minimum absolute atomic E-state index is 0.246. The summed E-state index contributed by atoms with van der Waals surface area (Å²) in [7, 11) is 2.04.